The summed E-state index contributed by atoms with van der Waals surface area (Å²) in [6.45, 7) is 3.43. The van der Waals surface area contributed by atoms with Gasteiger partial charge in [0.1, 0.15) is 11.5 Å². The number of rotatable bonds is 4. The monoisotopic (exact) mass is 356 g/mol. The van der Waals surface area contributed by atoms with Crippen molar-refractivity contribution in [2.45, 2.75) is 19.8 Å². The number of esters is 1. The summed E-state index contributed by atoms with van der Waals surface area (Å²) in [5.74, 6) is -1.38. The molecule has 0 spiro atoms. The smallest absolute Gasteiger partial charge is 0.336 e. The van der Waals surface area contributed by atoms with Crippen molar-refractivity contribution in [1.82, 2.24) is 9.97 Å². The number of aromatic amines is 2. The molecule has 2 heterocycles. The van der Waals surface area contributed by atoms with Crippen molar-refractivity contribution in [2.24, 2.45) is 5.18 Å². The van der Waals surface area contributed by atoms with Gasteiger partial charge in [0, 0.05) is 5.70 Å². The molecule has 0 saturated carbocycles. The van der Waals surface area contributed by atoms with Gasteiger partial charge < -0.3 is 10.1 Å². The van der Waals surface area contributed by atoms with Crippen LogP contribution < -0.4 is 16.6 Å². The molecule has 1 aliphatic heterocycles. The van der Waals surface area contributed by atoms with Crippen LogP contribution in [0.15, 0.2) is 50.3 Å². The molecule has 9 nitrogen and oxygen atoms in total. The molecule has 0 aliphatic carbocycles. The summed E-state index contributed by atoms with van der Waals surface area (Å²) in [4.78, 5) is 52.6. The van der Waals surface area contributed by atoms with Crippen LogP contribution in [0.3, 0.4) is 0 Å². The summed E-state index contributed by atoms with van der Waals surface area (Å²) in [5, 5.41) is 5.86. The largest absolute Gasteiger partial charge is 0.463 e. The van der Waals surface area contributed by atoms with E-state index in [0.29, 0.717) is 11.3 Å². The number of nitroso groups, excluding NO2 is 1. The minimum absolute atomic E-state index is 0.0885. The molecule has 134 valence electrons. The van der Waals surface area contributed by atoms with Crippen LogP contribution in [0.2, 0.25) is 0 Å². The Kier molecular flexibility index (Phi) is 4.53. The number of nitrogens with one attached hydrogen (secondary N) is 3. The molecule has 9 heteroatoms. The number of hydrogen-bond donors (Lipinski definition) is 3. The normalized spacial score (nSPS) is 15.8. The predicted molar refractivity (Wildman–Crippen MR) is 94.4 cm³/mol. The van der Waals surface area contributed by atoms with Crippen LogP contribution in [0.5, 0.6) is 0 Å². The Labute approximate surface area is 147 Å². The SMILES string of the molecule is CCOC(=O)C1=C(C)Nc2[nH]c(=O)[nH]c(=O)c2C1c1ccccc1N=O. The quantitative estimate of drug-likeness (QED) is 0.565. The Morgan fingerprint density at radius 1 is 1.23 bits per heavy atom. The molecule has 1 aromatic carbocycles. The summed E-state index contributed by atoms with van der Waals surface area (Å²) in [6.07, 6.45) is 0. The van der Waals surface area contributed by atoms with Crippen molar-refractivity contribution in [3.05, 3.63) is 72.4 Å². The highest BCUT2D eigenvalue weighted by Crippen LogP contribution is 2.42. The Bertz CT molecular complexity index is 1030. The molecule has 1 unspecified atom stereocenters. The molecule has 1 atom stereocenters. The van der Waals surface area contributed by atoms with E-state index in [4.69, 9.17) is 4.74 Å². The lowest BCUT2D eigenvalue weighted by molar-refractivity contribution is -0.138. The van der Waals surface area contributed by atoms with Crippen molar-refractivity contribution in [1.29, 1.82) is 0 Å². The number of H-pyrrole nitrogens is 2. The molecule has 26 heavy (non-hydrogen) atoms. The Balaban J connectivity index is 2.35. The molecule has 3 rings (SSSR count). The van der Waals surface area contributed by atoms with Crippen molar-refractivity contribution in [2.75, 3.05) is 11.9 Å². The van der Waals surface area contributed by atoms with Gasteiger partial charge >= 0.3 is 11.7 Å². The van der Waals surface area contributed by atoms with Crippen molar-refractivity contribution >= 4 is 17.5 Å². The van der Waals surface area contributed by atoms with Crippen molar-refractivity contribution in [3.63, 3.8) is 0 Å². The minimum Gasteiger partial charge on any atom is -0.463 e. The number of aromatic nitrogens is 2. The maximum Gasteiger partial charge on any atom is 0.336 e. The highest BCUT2D eigenvalue weighted by Gasteiger charge is 2.37. The average Bonchev–Trinajstić information content (AvgIpc) is 2.60. The number of anilines is 1. The number of carbonyl (C=O) groups excluding carboxylic acids is 1. The Morgan fingerprint density at radius 2 is 1.96 bits per heavy atom. The first-order valence-electron chi connectivity index (χ1n) is 7.91. The van der Waals surface area contributed by atoms with E-state index in [0.717, 1.165) is 0 Å². The second-order valence-corrected chi connectivity index (χ2v) is 5.66. The molecule has 0 saturated heterocycles. The number of allylic oxidation sites excluding steroid dienone is 1. The van der Waals surface area contributed by atoms with Crippen LogP contribution >= 0.6 is 0 Å². The zero-order valence-electron chi connectivity index (χ0n) is 14.1. The number of hydrogen-bond acceptors (Lipinski definition) is 7. The van der Waals surface area contributed by atoms with Crippen LogP contribution in [0.1, 0.15) is 30.9 Å². The summed E-state index contributed by atoms with van der Waals surface area (Å²) in [5.41, 5.74) is -0.216. The molecule has 2 aromatic rings. The molecule has 0 radical (unpaired) electrons. The maximum atomic E-state index is 12.6. The van der Waals surface area contributed by atoms with E-state index >= 15 is 0 Å². The van der Waals surface area contributed by atoms with Gasteiger partial charge in [-0.25, -0.2) is 9.59 Å². The number of carbonyl (C=O) groups is 1. The van der Waals surface area contributed by atoms with Gasteiger partial charge in [-0.2, -0.15) is 0 Å². The standard InChI is InChI=1S/C17H16N4O5/c1-3-26-16(23)11-8(2)18-14-13(15(22)20-17(24)19-14)12(11)9-6-4-5-7-10(9)21-25/h4-7,12H,3H2,1-2H3,(H3,18,19,20,22,24). The number of nitrogens with zero attached hydrogens (tertiary/aromatic N) is 1. The lowest BCUT2D eigenvalue weighted by Gasteiger charge is -2.29. The molecule has 0 amide bonds. The Morgan fingerprint density at radius 3 is 2.65 bits per heavy atom. The first kappa shape index (κ1) is 17.3. The first-order valence-corrected chi connectivity index (χ1v) is 7.91. The molecular weight excluding hydrogens is 340 g/mol. The second-order valence-electron chi connectivity index (χ2n) is 5.66. The van der Waals surface area contributed by atoms with Crippen LogP contribution in [0.4, 0.5) is 11.5 Å². The van der Waals surface area contributed by atoms with E-state index < -0.39 is 23.1 Å². The zero-order valence-corrected chi connectivity index (χ0v) is 14.1. The van der Waals surface area contributed by atoms with Crippen molar-refractivity contribution in [3.8, 4) is 0 Å². The lowest BCUT2D eigenvalue weighted by atomic mass is 9.81. The van der Waals surface area contributed by atoms with E-state index in [9.17, 15) is 19.3 Å². The molecule has 3 N–H and O–H groups in total. The van der Waals surface area contributed by atoms with Crippen molar-refractivity contribution < 1.29 is 9.53 Å². The fourth-order valence-corrected chi connectivity index (χ4v) is 3.09. The van der Waals surface area contributed by atoms with Gasteiger partial charge in [0.2, 0.25) is 0 Å². The highest BCUT2D eigenvalue weighted by molar-refractivity contribution is 5.94. The molecule has 1 aromatic heterocycles. The third kappa shape index (κ3) is 2.83. The van der Waals surface area contributed by atoms with E-state index in [1.165, 1.54) is 6.07 Å². The van der Waals surface area contributed by atoms with E-state index in [1.54, 1.807) is 32.0 Å². The molecular formula is C17H16N4O5. The van der Waals surface area contributed by atoms with Crippen LogP contribution in [-0.2, 0) is 9.53 Å². The number of benzene rings is 1. The summed E-state index contributed by atoms with van der Waals surface area (Å²) in [6, 6.07) is 6.39. The lowest BCUT2D eigenvalue weighted by Crippen LogP contribution is -2.35. The van der Waals surface area contributed by atoms with Gasteiger partial charge in [0.15, 0.2) is 0 Å². The van der Waals surface area contributed by atoms with Crippen LogP contribution in [0.25, 0.3) is 0 Å². The third-order valence-electron chi connectivity index (χ3n) is 4.11. The topological polar surface area (TPSA) is 133 Å². The van der Waals surface area contributed by atoms with Gasteiger partial charge in [-0.3, -0.25) is 14.8 Å². The molecule has 0 bridgehead atoms. The highest BCUT2D eigenvalue weighted by atomic mass is 16.5. The fourth-order valence-electron chi connectivity index (χ4n) is 3.09. The van der Waals surface area contributed by atoms with E-state index in [2.05, 4.69) is 20.5 Å². The summed E-state index contributed by atoms with van der Waals surface area (Å²) >= 11 is 0. The van der Waals surface area contributed by atoms with Gasteiger partial charge in [-0.15, -0.1) is 4.91 Å². The average molecular weight is 356 g/mol. The van der Waals surface area contributed by atoms with Crippen LogP contribution in [0, 0.1) is 4.91 Å². The zero-order chi connectivity index (χ0) is 18.8. The molecule has 1 aliphatic rings. The van der Waals surface area contributed by atoms with E-state index in [1.807, 2.05) is 0 Å². The van der Waals surface area contributed by atoms with Gasteiger partial charge in [0.25, 0.3) is 5.56 Å². The van der Waals surface area contributed by atoms with Gasteiger partial charge in [-0.05, 0) is 30.7 Å². The van der Waals surface area contributed by atoms with Crippen LogP contribution in [-0.4, -0.2) is 22.5 Å². The van der Waals surface area contributed by atoms with Gasteiger partial charge in [-0.1, -0.05) is 18.2 Å². The predicted octanol–water partition coefficient (Wildman–Crippen LogP) is 1.86. The second kappa shape index (κ2) is 6.79. The van der Waals surface area contributed by atoms with Gasteiger partial charge in [0.05, 0.1) is 23.7 Å². The number of ether oxygens (including phenoxy) is 1. The third-order valence-corrected chi connectivity index (χ3v) is 4.11. The first-order chi connectivity index (χ1) is 12.5. The minimum atomic E-state index is -0.917. The maximum absolute atomic E-state index is 12.6. The Hall–Kier alpha value is -3.49. The van der Waals surface area contributed by atoms with E-state index in [-0.39, 0.29) is 29.2 Å². The number of fused-ring (bicyclic) bond motifs is 1. The molecule has 0 fully saturated rings. The fraction of sp³-hybridized carbons (Fsp3) is 0.235. The summed E-state index contributed by atoms with van der Waals surface area (Å²) in [7, 11) is 0. The summed E-state index contributed by atoms with van der Waals surface area (Å²) < 4.78 is 5.13.